The van der Waals surface area contributed by atoms with Crippen LogP contribution in [0.2, 0.25) is 0 Å². The molecule has 11 heteroatoms. The molecule has 0 aliphatic carbocycles. The van der Waals surface area contributed by atoms with E-state index in [1.807, 2.05) is 0 Å². The molecule has 0 unspecified atom stereocenters. The van der Waals surface area contributed by atoms with Gasteiger partial charge in [0.1, 0.15) is 6.61 Å². The van der Waals surface area contributed by atoms with E-state index >= 15 is 0 Å². The first kappa shape index (κ1) is 38.1. The Morgan fingerprint density at radius 2 is 1.15 bits per heavy atom. The normalized spacial score (nSPS) is 12.3. The molecule has 9 nitrogen and oxygen atoms in total. The number of hydrogen-bond donors (Lipinski definition) is 2. The first-order valence-electron chi connectivity index (χ1n) is 14.8. The Kier molecular flexibility index (Phi) is 25.4. The SMILES string of the molecule is CCCCCCCCCCCCCCC(=O)O[C@H](COC(=O)CCCCCCCSC(C)=O)COP(=O)(O)O. The summed E-state index contributed by atoms with van der Waals surface area (Å²) >= 11 is 1.32. The third kappa shape index (κ3) is 29.9. The highest BCUT2D eigenvalue weighted by Crippen LogP contribution is 2.35. The Balaban J connectivity index is 4.04. The Bertz CT molecular complexity index is 684. The molecule has 230 valence electrons. The highest BCUT2D eigenvalue weighted by Gasteiger charge is 2.22. The lowest BCUT2D eigenvalue weighted by atomic mass is 10.0. The predicted octanol–water partition coefficient (Wildman–Crippen LogP) is 7.26. The first-order valence-corrected chi connectivity index (χ1v) is 17.3. The Labute approximate surface area is 240 Å². The monoisotopic (exact) mass is 596 g/mol. The summed E-state index contributed by atoms with van der Waals surface area (Å²) in [5, 5.41) is 0.122. The Morgan fingerprint density at radius 1 is 0.692 bits per heavy atom. The van der Waals surface area contributed by atoms with Gasteiger partial charge in [-0.25, -0.2) is 4.57 Å². The van der Waals surface area contributed by atoms with E-state index in [-0.39, 0.29) is 24.6 Å². The minimum Gasteiger partial charge on any atom is -0.462 e. The van der Waals surface area contributed by atoms with Crippen molar-refractivity contribution in [2.45, 2.75) is 142 Å². The van der Waals surface area contributed by atoms with Gasteiger partial charge in [0.05, 0.1) is 6.61 Å². The molecule has 0 aliphatic rings. The van der Waals surface area contributed by atoms with Crippen LogP contribution in [0.25, 0.3) is 0 Å². The maximum atomic E-state index is 12.2. The summed E-state index contributed by atoms with van der Waals surface area (Å²) in [6, 6.07) is 0. The number of thioether (sulfide) groups is 1. The van der Waals surface area contributed by atoms with Crippen molar-refractivity contribution in [3.05, 3.63) is 0 Å². The zero-order valence-electron chi connectivity index (χ0n) is 24.2. The summed E-state index contributed by atoms with van der Waals surface area (Å²) in [5.74, 6) is -0.145. The van der Waals surface area contributed by atoms with Crippen LogP contribution in [0, 0.1) is 0 Å². The van der Waals surface area contributed by atoms with Gasteiger partial charge in [0.25, 0.3) is 0 Å². The molecule has 1 atom stereocenters. The van der Waals surface area contributed by atoms with Crippen LogP contribution in [0.5, 0.6) is 0 Å². The summed E-state index contributed by atoms with van der Waals surface area (Å²) in [6.07, 6.45) is 17.9. The van der Waals surface area contributed by atoms with E-state index in [0.29, 0.717) is 12.8 Å². The van der Waals surface area contributed by atoms with Gasteiger partial charge in [0, 0.05) is 25.5 Å². The lowest BCUT2D eigenvalue weighted by Crippen LogP contribution is -2.29. The number of esters is 2. The van der Waals surface area contributed by atoms with Crippen LogP contribution in [-0.2, 0) is 32.9 Å². The molecule has 0 rings (SSSR count). The zero-order valence-corrected chi connectivity index (χ0v) is 26.0. The van der Waals surface area contributed by atoms with Gasteiger partial charge in [0.2, 0.25) is 0 Å². The lowest BCUT2D eigenvalue weighted by Gasteiger charge is -2.18. The van der Waals surface area contributed by atoms with Gasteiger partial charge in [-0.2, -0.15) is 0 Å². The third-order valence-corrected chi connectivity index (χ3v) is 7.61. The number of ether oxygens (including phenoxy) is 2. The topological polar surface area (TPSA) is 136 Å². The number of unbranched alkanes of at least 4 members (excludes halogenated alkanes) is 15. The summed E-state index contributed by atoms with van der Waals surface area (Å²) in [6.45, 7) is 2.91. The second-order valence-corrected chi connectivity index (χ2v) is 12.6. The molecule has 0 fully saturated rings. The molecule has 0 radical (unpaired) electrons. The summed E-state index contributed by atoms with van der Waals surface area (Å²) in [5.41, 5.74) is 0. The molecule has 0 bridgehead atoms. The molecule has 0 heterocycles. The molecular weight excluding hydrogens is 543 g/mol. The number of phosphoric ester groups is 1. The maximum Gasteiger partial charge on any atom is 0.469 e. The van der Waals surface area contributed by atoms with Gasteiger partial charge < -0.3 is 19.3 Å². The van der Waals surface area contributed by atoms with Crippen LogP contribution in [0.15, 0.2) is 0 Å². The zero-order chi connectivity index (χ0) is 29.2. The largest absolute Gasteiger partial charge is 0.469 e. The quantitative estimate of drug-likeness (QED) is 0.0566. The van der Waals surface area contributed by atoms with Crippen molar-refractivity contribution in [1.29, 1.82) is 0 Å². The second kappa shape index (κ2) is 26.0. The smallest absolute Gasteiger partial charge is 0.462 e. The Hall–Kier alpha value is -0.930. The van der Waals surface area contributed by atoms with Crippen LogP contribution in [0.1, 0.15) is 136 Å². The van der Waals surface area contributed by atoms with Crippen LogP contribution >= 0.6 is 19.6 Å². The first-order chi connectivity index (χ1) is 18.6. The molecule has 0 saturated heterocycles. The van der Waals surface area contributed by atoms with Crippen molar-refractivity contribution in [3.8, 4) is 0 Å². The molecule has 0 saturated carbocycles. The second-order valence-electron chi connectivity index (χ2n) is 10.1. The van der Waals surface area contributed by atoms with E-state index in [1.54, 1.807) is 6.92 Å². The van der Waals surface area contributed by atoms with Crippen LogP contribution < -0.4 is 0 Å². The van der Waals surface area contributed by atoms with Gasteiger partial charge in [0.15, 0.2) is 11.2 Å². The number of carbonyl (C=O) groups excluding carboxylic acids is 3. The molecule has 0 aliphatic heterocycles. The van der Waals surface area contributed by atoms with Crippen molar-refractivity contribution in [2.75, 3.05) is 19.0 Å². The number of rotatable bonds is 27. The fourth-order valence-corrected chi connectivity index (χ4v) is 5.02. The molecule has 2 N–H and O–H groups in total. The minimum absolute atomic E-state index is 0.122. The number of hydrogen-bond acceptors (Lipinski definition) is 8. The fraction of sp³-hybridized carbons (Fsp3) is 0.893. The molecule has 0 spiro atoms. The van der Waals surface area contributed by atoms with Gasteiger partial charge in [-0.05, 0) is 19.3 Å². The van der Waals surface area contributed by atoms with Crippen molar-refractivity contribution >= 4 is 36.6 Å². The van der Waals surface area contributed by atoms with Crippen molar-refractivity contribution < 1.29 is 42.7 Å². The molecule has 0 aromatic rings. The highest BCUT2D eigenvalue weighted by atomic mass is 32.2. The van der Waals surface area contributed by atoms with E-state index in [9.17, 15) is 18.9 Å². The molecule has 0 aromatic carbocycles. The fourth-order valence-electron chi connectivity index (χ4n) is 4.03. The summed E-state index contributed by atoms with van der Waals surface area (Å²) in [4.78, 5) is 53.1. The minimum atomic E-state index is -4.75. The van der Waals surface area contributed by atoms with Crippen molar-refractivity contribution in [1.82, 2.24) is 0 Å². The van der Waals surface area contributed by atoms with Gasteiger partial charge in [-0.1, -0.05) is 109 Å². The third-order valence-electron chi connectivity index (χ3n) is 6.22. The van der Waals surface area contributed by atoms with Gasteiger partial charge in [-0.3, -0.25) is 18.9 Å². The van der Waals surface area contributed by atoms with E-state index in [1.165, 1.54) is 63.1 Å². The molecular formula is C28H53O9PS. The average Bonchev–Trinajstić information content (AvgIpc) is 2.87. The van der Waals surface area contributed by atoms with Crippen molar-refractivity contribution in [2.24, 2.45) is 0 Å². The van der Waals surface area contributed by atoms with E-state index in [0.717, 1.165) is 50.7 Å². The number of phosphoric acid groups is 1. The summed E-state index contributed by atoms with van der Waals surface area (Å²) < 4.78 is 26.0. The van der Waals surface area contributed by atoms with E-state index in [2.05, 4.69) is 11.4 Å². The molecule has 0 amide bonds. The van der Waals surface area contributed by atoms with Crippen molar-refractivity contribution in [3.63, 3.8) is 0 Å². The summed E-state index contributed by atoms with van der Waals surface area (Å²) in [7, 11) is -4.75. The average molecular weight is 597 g/mol. The lowest BCUT2D eigenvalue weighted by molar-refractivity contribution is -0.161. The van der Waals surface area contributed by atoms with Crippen LogP contribution in [0.4, 0.5) is 0 Å². The van der Waals surface area contributed by atoms with Crippen LogP contribution in [-0.4, -0.2) is 51.9 Å². The number of carbonyl (C=O) groups is 3. The van der Waals surface area contributed by atoms with Gasteiger partial charge >= 0.3 is 19.8 Å². The predicted molar refractivity (Wildman–Crippen MR) is 155 cm³/mol. The highest BCUT2D eigenvalue weighted by molar-refractivity contribution is 8.13. The van der Waals surface area contributed by atoms with Crippen LogP contribution in [0.3, 0.4) is 0 Å². The molecule has 0 aromatic heterocycles. The maximum absolute atomic E-state index is 12.2. The van der Waals surface area contributed by atoms with Gasteiger partial charge in [-0.15, -0.1) is 0 Å². The van der Waals surface area contributed by atoms with E-state index in [4.69, 9.17) is 19.3 Å². The van der Waals surface area contributed by atoms with E-state index < -0.39 is 32.5 Å². The molecule has 39 heavy (non-hydrogen) atoms. The standard InChI is InChI=1S/C28H53O9PS/c1-3-4-5-6-7-8-9-10-11-12-14-18-21-28(31)37-26(24-36-38(32,33)34)23-35-27(30)20-17-15-13-16-19-22-39-25(2)29/h26H,3-24H2,1-2H3,(H2,32,33,34)/t26-/m1/s1. The Morgan fingerprint density at radius 3 is 1.64 bits per heavy atom.